The van der Waals surface area contributed by atoms with Gasteiger partial charge in [-0.2, -0.15) is 10.4 Å². The van der Waals surface area contributed by atoms with Crippen molar-refractivity contribution in [1.82, 2.24) is 24.6 Å². The molecule has 5 rings (SSSR count). The molecule has 0 radical (unpaired) electrons. The van der Waals surface area contributed by atoms with Gasteiger partial charge in [0.2, 0.25) is 5.95 Å². The summed E-state index contributed by atoms with van der Waals surface area (Å²) in [5.41, 5.74) is 4.07. The number of hydrogen-bond acceptors (Lipinski definition) is 8. The SMILES string of the molecule is CN1CCn2ncc(Nc3nccc(-c4cc(C#N)c5c(c4)C(C)(CO)CN5)n3)c2C1=O. The number of benzene rings is 1. The predicted molar refractivity (Wildman–Crippen MR) is 118 cm³/mol. The zero-order chi connectivity index (χ0) is 22.5. The van der Waals surface area contributed by atoms with Crippen molar-refractivity contribution in [2.45, 2.75) is 18.9 Å². The van der Waals surface area contributed by atoms with Crippen LogP contribution in [0.1, 0.15) is 28.5 Å². The van der Waals surface area contributed by atoms with Crippen molar-refractivity contribution in [2.75, 3.05) is 37.4 Å². The minimum Gasteiger partial charge on any atom is -0.395 e. The molecule has 32 heavy (non-hydrogen) atoms. The van der Waals surface area contributed by atoms with E-state index in [-0.39, 0.29) is 12.5 Å². The van der Waals surface area contributed by atoms with Crippen LogP contribution in [0.3, 0.4) is 0 Å². The van der Waals surface area contributed by atoms with E-state index in [2.05, 4.69) is 31.8 Å². The highest BCUT2D eigenvalue weighted by Crippen LogP contribution is 2.41. The molecule has 10 heteroatoms. The van der Waals surface area contributed by atoms with Gasteiger partial charge in [0.25, 0.3) is 5.91 Å². The molecule has 0 fully saturated rings. The topological polar surface area (TPSA) is 132 Å². The average Bonchev–Trinajstić information content (AvgIpc) is 3.38. The third kappa shape index (κ3) is 3.06. The average molecular weight is 430 g/mol. The maximum Gasteiger partial charge on any atom is 0.274 e. The Morgan fingerprint density at radius 3 is 3.00 bits per heavy atom. The van der Waals surface area contributed by atoms with Crippen LogP contribution in [-0.2, 0) is 12.0 Å². The number of aliphatic hydroxyl groups is 1. The minimum absolute atomic E-state index is 0.0346. The molecule has 1 atom stereocenters. The molecule has 1 aromatic carbocycles. The third-order valence-electron chi connectivity index (χ3n) is 6.15. The molecule has 1 amide bonds. The van der Waals surface area contributed by atoms with Crippen LogP contribution in [0.25, 0.3) is 11.3 Å². The fourth-order valence-electron chi connectivity index (χ4n) is 4.16. The molecule has 0 saturated carbocycles. The molecule has 3 N–H and O–H groups in total. The van der Waals surface area contributed by atoms with Gasteiger partial charge in [0.05, 0.1) is 42.0 Å². The van der Waals surface area contributed by atoms with Crippen LogP contribution in [0.4, 0.5) is 17.3 Å². The standard InChI is InChI=1S/C22H22N8O2/c1-22(12-31)11-25-18-14(9-23)7-13(8-15(18)22)16-3-4-24-21(27-16)28-17-10-26-30-6-5-29(2)20(32)19(17)30/h3-4,7-8,10,25,31H,5-6,11-12H2,1-2H3,(H,24,27,28). The number of hydrogen-bond donors (Lipinski definition) is 3. The molecule has 1 unspecified atom stereocenters. The number of aliphatic hydroxyl groups excluding tert-OH is 1. The largest absolute Gasteiger partial charge is 0.395 e. The molecule has 0 aliphatic carbocycles. The number of anilines is 3. The molecular weight excluding hydrogens is 408 g/mol. The Morgan fingerprint density at radius 2 is 2.22 bits per heavy atom. The summed E-state index contributed by atoms with van der Waals surface area (Å²) >= 11 is 0. The van der Waals surface area contributed by atoms with Crippen molar-refractivity contribution in [3.63, 3.8) is 0 Å². The van der Waals surface area contributed by atoms with Crippen molar-refractivity contribution < 1.29 is 9.90 Å². The molecule has 0 spiro atoms. The van der Waals surface area contributed by atoms with Gasteiger partial charge >= 0.3 is 0 Å². The van der Waals surface area contributed by atoms with Crippen molar-refractivity contribution in [3.05, 3.63) is 47.4 Å². The molecule has 3 aromatic rings. The van der Waals surface area contributed by atoms with Gasteiger partial charge in [-0.05, 0) is 23.8 Å². The van der Waals surface area contributed by atoms with E-state index in [1.54, 1.807) is 41.2 Å². The smallest absolute Gasteiger partial charge is 0.274 e. The lowest BCUT2D eigenvalue weighted by atomic mass is 9.83. The number of nitrogens with zero attached hydrogens (tertiary/aromatic N) is 6. The van der Waals surface area contributed by atoms with E-state index in [0.717, 1.165) is 16.8 Å². The maximum atomic E-state index is 12.6. The van der Waals surface area contributed by atoms with Gasteiger partial charge in [-0.3, -0.25) is 9.48 Å². The predicted octanol–water partition coefficient (Wildman–Crippen LogP) is 1.72. The van der Waals surface area contributed by atoms with E-state index < -0.39 is 5.41 Å². The summed E-state index contributed by atoms with van der Waals surface area (Å²) < 4.78 is 1.68. The fraction of sp³-hybridized carbons (Fsp3) is 0.318. The highest BCUT2D eigenvalue weighted by molar-refractivity contribution is 5.98. The van der Waals surface area contributed by atoms with Crippen LogP contribution in [0, 0.1) is 11.3 Å². The van der Waals surface area contributed by atoms with Gasteiger partial charge in [-0.25, -0.2) is 9.97 Å². The van der Waals surface area contributed by atoms with E-state index in [9.17, 15) is 15.2 Å². The number of aromatic nitrogens is 4. The van der Waals surface area contributed by atoms with Crippen LogP contribution in [0.2, 0.25) is 0 Å². The lowest BCUT2D eigenvalue weighted by Gasteiger charge is -2.24. The zero-order valence-corrected chi connectivity index (χ0v) is 17.8. The first-order valence-corrected chi connectivity index (χ1v) is 10.3. The van der Waals surface area contributed by atoms with Crippen molar-refractivity contribution in [3.8, 4) is 17.3 Å². The van der Waals surface area contributed by atoms with E-state index in [1.807, 2.05) is 13.0 Å². The summed E-state index contributed by atoms with van der Waals surface area (Å²) in [6.07, 6.45) is 3.22. The Balaban J connectivity index is 1.52. The first-order valence-electron chi connectivity index (χ1n) is 10.3. The van der Waals surface area contributed by atoms with Gasteiger partial charge < -0.3 is 20.6 Å². The molecule has 0 bridgehead atoms. The van der Waals surface area contributed by atoms with Crippen LogP contribution in [0.15, 0.2) is 30.6 Å². The zero-order valence-electron chi connectivity index (χ0n) is 17.8. The first-order chi connectivity index (χ1) is 15.4. The van der Waals surface area contributed by atoms with E-state index in [0.29, 0.717) is 48.2 Å². The molecule has 2 aromatic heterocycles. The number of carbonyl (C=O) groups is 1. The van der Waals surface area contributed by atoms with Crippen molar-refractivity contribution >= 4 is 23.2 Å². The van der Waals surface area contributed by atoms with Crippen molar-refractivity contribution in [2.24, 2.45) is 0 Å². The summed E-state index contributed by atoms with van der Waals surface area (Å²) in [6, 6.07) is 7.74. The van der Waals surface area contributed by atoms with Gasteiger partial charge in [0, 0.05) is 37.3 Å². The second-order valence-electron chi connectivity index (χ2n) is 8.38. The monoisotopic (exact) mass is 430 g/mol. The Hall–Kier alpha value is -3.97. The van der Waals surface area contributed by atoms with Crippen LogP contribution < -0.4 is 10.6 Å². The van der Waals surface area contributed by atoms with Crippen molar-refractivity contribution in [1.29, 1.82) is 5.26 Å². The number of amides is 1. The minimum atomic E-state index is -0.477. The van der Waals surface area contributed by atoms with Crippen LogP contribution >= 0.6 is 0 Å². The normalized spacial score (nSPS) is 19.2. The molecular formula is C22H22N8O2. The summed E-state index contributed by atoms with van der Waals surface area (Å²) in [5.74, 6) is 0.210. The van der Waals surface area contributed by atoms with Crippen LogP contribution in [-0.4, -0.2) is 62.4 Å². The second kappa shape index (κ2) is 7.32. The lowest BCUT2D eigenvalue weighted by Crippen LogP contribution is -2.37. The highest BCUT2D eigenvalue weighted by atomic mass is 16.3. The quantitative estimate of drug-likeness (QED) is 0.570. The highest BCUT2D eigenvalue weighted by Gasteiger charge is 2.36. The molecule has 4 heterocycles. The summed E-state index contributed by atoms with van der Waals surface area (Å²) in [7, 11) is 1.76. The Labute approximate surface area is 184 Å². The summed E-state index contributed by atoms with van der Waals surface area (Å²) in [5, 5.41) is 30.2. The number of rotatable bonds is 4. The molecule has 10 nitrogen and oxygen atoms in total. The van der Waals surface area contributed by atoms with Gasteiger partial charge in [0.15, 0.2) is 0 Å². The lowest BCUT2D eigenvalue weighted by molar-refractivity contribution is 0.0744. The van der Waals surface area contributed by atoms with Gasteiger partial charge in [0.1, 0.15) is 11.8 Å². The number of nitrogens with one attached hydrogen (secondary N) is 2. The Kier molecular flexibility index (Phi) is 4.56. The van der Waals surface area contributed by atoms with E-state index in [1.165, 1.54) is 0 Å². The van der Waals surface area contributed by atoms with E-state index in [4.69, 9.17) is 0 Å². The molecule has 162 valence electrons. The molecule has 0 saturated heterocycles. The number of nitriles is 1. The number of likely N-dealkylation sites (N-methyl/N-ethyl adjacent to an activating group) is 1. The summed E-state index contributed by atoms with van der Waals surface area (Å²) in [4.78, 5) is 23.1. The fourth-order valence-corrected chi connectivity index (χ4v) is 4.16. The second-order valence-corrected chi connectivity index (χ2v) is 8.38. The maximum absolute atomic E-state index is 12.6. The van der Waals surface area contributed by atoms with Crippen LogP contribution in [0.5, 0.6) is 0 Å². The Morgan fingerprint density at radius 1 is 1.38 bits per heavy atom. The number of fused-ring (bicyclic) bond motifs is 2. The van der Waals surface area contributed by atoms with E-state index >= 15 is 0 Å². The molecule has 2 aliphatic rings. The Bertz CT molecular complexity index is 1280. The third-order valence-corrected chi connectivity index (χ3v) is 6.15. The molecule has 2 aliphatic heterocycles. The first kappa shape index (κ1) is 20.0. The summed E-state index contributed by atoms with van der Waals surface area (Å²) in [6.45, 7) is 3.72. The number of carbonyl (C=O) groups excluding carboxylic acids is 1. The van der Waals surface area contributed by atoms with Gasteiger partial charge in [-0.1, -0.05) is 6.92 Å². The van der Waals surface area contributed by atoms with Gasteiger partial charge in [-0.15, -0.1) is 0 Å².